The van der Waals surface area contributed by atoms with Gasteiger partial charge in [-0.25, -0.2) is 4.79 Å². The Morgan fingerprint density at radius 1 is 1.12 bits per heavy atom. The number of carbonyl (C=O) groups is 1. The van der Waals surface area contributed by atoms with E-state index < -0.39 is 10.7 Å². The zero-order valence-corrected chi connectivity index (χ0v) is 19.1. The molecule has 180 valence electrons. The van der Waals surface area contributed by atoms with Gasteiger partial charge in [-0.15, -0.1) is 0 Å². The van der Waals surface area contributed by atoms with E-state index in [1.807, 2.05) is 17.0 Å². The Kier molecular flexibility index (Phi) is 7.27. The number of aryl methyl sites for hydroxylation is 1. The Morgan fingerprint density at radius 3 is 2.65 bits per heavy atom. The molecule has 0 radical (unpaired) electrons. The average Bonchev–Trinajstić information content (AvgIpc) is 2.98. The van der Waals surface area contributed by atoms with Crippen LogP contribution < -0.4 is 10.5 Å². The second-order valence-electron chi connectivity index (χ2n) is 8.39. The fourth-order valence-corrected chi connectivity index (χ4v) is 4.29. The number of oxazole rings is 1. The normalized spacial score (nSPS) is 14.8. The molecule has 34 heavy (non-hydrogen) atoms. The maximum Gasteiger partial charge on any atom is 0.419 e. The van der Waals surface area contributed by atoms with Gasteiger partial charge in [-0.3, -0.25) is 24.4 Å². The lowest BCUT2D eigenvalue weighted by Crippen LogP contribution is -2.35. The average molecular weight is 469 g/mol. The summed E-state index contributed by atoms with van der Waals surface area (Å²) in [5, 5.41) is 10.9. The first-order valence-electron chi connectivity index (χ1n) is 11.4. The van der Waals surface area contributed by atoms with Crippen molar-refractivity contribution in [1.29, 1.82) is 0 Å². The summed E-state index contributed by atoms with van der Waals surface area (Å²) < 4.78 is 11.8. The van der Waals surface area contributed by atoms with E-state index in [9.17, 15) is 19.7 Å². The van der Waals surface area contributed by atoms with Crippen LogP contribution in [0.3, 0.4) is 0 Å². The number of hydrogen-bond donors (Lipinski definition) is 0. The van der Waals surface area contributed by atoms with Gasteiger partial charge in [0, 0.05) is 51.8 Å². The molecule has 1 aromatic heterocycles. The zero-order valence-electron chi connectivity index (χ0n) is 19.1. The first-order valence-corrected chi connectivity index (χ1v) is 11.4. The van der Waals surface area contributed by atoms with Crippen LogP contribution in [0.1, 0.15) is 24.8 Å². The Balaban J connectivity index is 1.28. The number of benzene rings is 2. The molecule has 2 heterocycles. The van der Waals surface area contributed by atoms with Gasteiger partial charge in [0.15, 0.2) is 5.58 Å². The van der Waals surface area contributed by atoms with Gasteiger partial charge < -0.3 is 14.1 Å². The summed E-state index contributed by atoms with van der Waals surface area (Å²) in [4.78, 5) is 39.6. The number of amides is 1. The van der Waals surface area contributed by atoms with Crippen LogP contribution in [0, 0.1) is 10.1 Å². The third-order valence-corrected chi connectivity index (χ3v) is 6.14. The van der Waals surface area contributed by atoms with E-state index in [1.165, 1.54) is 28.3 Å². The highest BCUT2D eigenvalue weighted by Gasteiger charge is 2.20. The molecule has 0 bridgehead atoms. The quantitative estimate of drug-likeness (QED) is 0.369. The molecule has 10 nitrogen and oxygen atoms in total. The highest BCUT2D eigenvalue weighted by molar-refractivity contribution is 5.77. The minimum absolute atomic E-state index is 0.0720. The maximum atomic E-state index is 12.8. The molecule has 0 atom stereocenters. The SMILES string of the molecule is COc1ccc(CN2CCCN(C(=O)CCCn3c(=O)oc4cc([N+](=O)[O-])ccc43)CC2)cc1. The van der Waals surface area contributed by atoms with Crippen molar-refractivity contribution in [3.8, 4) is 5.75 Å². The molecule has 1 aliphatic heterocycles. The summed E-state index contributed by atoms with van der Waals surface area (Å²) in [6.45, 7) is 4.28. The van der Waals surface area contributed by atoms with Crippen molar-refractivity contribution in [2.24, 2.45) is 0 Å². The summed E-state index contributed by atoms with van der Waals surface area (Å²) in [7, 11) is 1.65. The van der Waals surface area contributed by atoms with Crippen LogP contribution in [0.2, 0.25) is 0 Å². The number of nitro benzene ring substituents is 1. The summed E-state index contributed by atoms with van der Waals surface area (Å²) in [5.74, 6) is 0.332. The molecule has 2 aromatic carbocycles. The second-order valence-corrected chi connectivity index (χ2v) is 8.39. The number of rotatable bonds is 8. The van der Waals surface area contributed by atoms with E-state index >= 15 is 0 Å². The Morgan fingerprint density at radius 2 is 1.91 bits per heavy atom. The molecule has 1 aliphatic rings. The van der Waals surface area contributed by atoms with Crippen molar-refractivity contribution in [2.45, 2.75) is 32.4 Å². The fourth-order valence-electron chi connectivity index (χ4n) is 4.29. The van der Waals surface area contributed by atoms with Gasteiger partial charge in [0.05, 0.1) is 23.6 Å². The van der Waals surface area contributed by atoms with Gasteiger partial charge in [0.1, 0.15) is 5.75 Å². The minimum Gasteiger partial charge on any atom is -0.497 e. The van der Waals surface area contributed by atoms with Crippen LogP contribution in [0.25, 0.3) is 11.1 Å². The number of fused-ring (bicyclic) bond motifs is 1. The van der Waals surface area contributed by atoms with E-state index in [1.54, 1.807) is 7.11 Å². The van der Waals surface area contributed by atoms with E-state index in [2.05, 4.69) is 17.0 Å². The number of ether oxygens (including phenoxy) is 1. The molecule has 4 rings (SSSR count). The van der Waals surface area contributed by atoms with Crippen LogP contribution >= 0.6 is 0 Å². The molecule has 3 aromatic rings. The number of hydrogen-bond acceptors (Lipinski definition) is 7. The van der Waals surface area contributed by atoms with Crippen LogP contribution in [0.4, 0.5) is 5.69 Å². The second kappa shape index (κ2) is 10.5. The van der Waals surface area contributed by atoms with Crippen LogP contribution in [0.5, 0.6) is 5.75 Å². The number of methoxy groups -OCH3 is 1. The molecule has 0 aliphatic carbocycles. The molecular weight excluding hydrogens is 440 g/mol. The smallest absolute Gasteiger partial charge is 0.419 e. The van der Waals surface area contributed by atoms with Crippen LogP contribution in [-0.2, 0) is 17.9 Å². The summed E-state index contributed by atoms with van der Waals surface area (Å²) in [5.41, 5.74) is 1.75. The lowest BCUT2D eigenvalue weighted by atomic mass is 10.2. The number of nitrogens with zero attached hydrogens (tertiary/aromatic N) is 4. The molecule has 0 N–H and O–H groups in total. The molecule has 0 saturated carbocycles. The molecule has 0 spiro atoms. The standard InChI is InChI=1S/C24H28N4O6/c1-33-20-8-5-18(6-9-20)17-25-11-3-12-26(15-14-25)23(29)4-2-13-27-21-10-7-19(28(31)32)16-22(21)34-24(27)30/h5-10,16H,2-4,11-15,17H2,1H3. The lowest BCUT2D eigenvalue weighted by Gasteiger charge is -2.22. The van der Waals surface area contributed by atoms with Gasteiger partial charge in [-0.2, -0.15) is 0 Å². The maximum absolute atomic E-state index is 12.8. The molecule has 10 heteroatoms. The van der Waals surface area contributed by atoms with Gasteiger partial charge in [-0.1, -0.05) is 12.1 Å². The highest BCUT2D eigenvalue weighted by atomic mass is 16.6. The van der Waals surface area contributed by atoms with E-state index in [4.69, 9.17) is 9.15 Å². The predicted molar refractivity (Wildman–Crippen MR) is 126 cm³/mol. The molecule has 1 fully saturated rings. The van der Waals surface area contributed by atoms with Crippen molar-refractivity contribution < 1.29 is 18.9 Å². The molecule has 0 unspecified atom stereocenters. The van der Waals surface area contributed by atoms with E-state index in [0.29, 0.717) is 31.4 Å². The topological polar surface area (TPSA) is 111 Å². The first-order chi connectivity index (χ1) is 16.4. The fraction of sp³-hybridized carbons (Fsp3) is 0.417. The monoisotopic (exact) mass is 468 g/mol. The van der Waals surface area contributed by atoms with Crippen LogP contribution in [-0.4, -0.2) is 58.5 Å². The van der Waals surface area contributed by atoms with Gasteiger partial charge in [0.25, 0.3) is 5.69 Å². The minimum atomic E-state index is -0.577. The van der Waals surface area contributed by atoms with Crippen LogP contribution in [0.15, 0.2) is 51.7 Å². The number of non-ortho nitro benzene ring substituents is 1. The van der Waals surface area contributed by atoms with Crippen molar-refractivity contribution in [3.05, 3.63) is 68.7 Å². The number of nitro groups is 1. The van der Waals surface area contributed by atoms with Crippen molar-refractivity contribution in [3.63, 3.8) is 0 Å². The highest BCUT2D eigenvalue weighted by Crippen LogP contribution is 2.20. The molecular formula is C24H28N4O6. The summed E-state index contributed by atoms with van der Waals surface area (Å²) >= 11 is 0. The third-order valence-electron chi connectivity index (χ3n) is 6.14. The van der Waals surface area contributed by atoms with Gasteiger partial charge in [-0.05, 0) is 36.6 Å². The Hall–Kier alpha value is -3.66. The number of aromatic nitrogens is 1. The van der Waals surface area contributed by atoms with E-state index in [0.717, 1.165) is 38.3 Å². The third kappa shape index (κ3) is 5.45. The lowest BCUT2D eigenvalue weighted by molar-refractivity contribution is -0.384. The van der Waals surface area contributed by atoms with Crippen molar-refractivity contribution >= 4 is 22.7 Å². The van der Waals surface area contributed by atoms with Gasteiger partial charge >= 0.3 is 5.76 Å². The van der Waals surface area contributed by atoms with Crippen molar-refractivity contribution in [2.75, 3.05) is 33.3 Å². The summed E-state index contributed by atoms with van der Waals surface area (Å²) in [6, 6.07) is 12.1. The largest absolute Gasteiger partial charge is 0.497 e. The van der Waals surface area contributed by atoms with Gasteiger partial charge in [0.2, 0.25) is 5.91 Å². The van der Waals surface area contributed by atoms with Crippen molar-refractivity contribution in [1.82, 2.24) is 14.4 Å². The van der Waals surface area contributed by atoms with E-state index in [-0.39, 0.29) is 17.2 Å². The molecule has 1 saturated heterocycles. The Bertz CT molecular complexity index is 1220. The zero-order chi connectivity index (χ0) is 24.1. The first kappa shape index (κ1) is 23.5. The predicted octanol–water partition coefficient (Wildman–Crippen LogP) is 3.03. The molecule has 1 amide bonds. The Labute approximate surface area is 196 Å². The summed E-state index contributed by atoms with van der Waals surface area (Å²) in [6.07, 6.45) is 1.72. The number of carbonyl (C=O) groups excluding carboxylic acids is 1.